The van der Waals surface area contributed by atoms with Crippen LogP contribution in [0.5, 0.6) is 0 Å². The highest BCUT2D eigenvalue weighted by atomic mass is 15.2. The Morgan fingerprint density at radius 3 is 2.65 bits per heavy atom. The first kappa shape index (κ1) is 15.0. The maximum Gasteiger partial charge on any atom is 0.00927 e. The fourth-order valence-corrected chi connectivity index (χ4v) is 3.04. The summed E-state index contributed by atoms with van der Waals surface area (Å²) < 4.78 is 0. The lowest BCUT2D eigenvalue weighted by atomic mass is 9.96. The van der Waals surface area contributed by atoms with Crippen LogP contribution in [-0.4, -0.2) is 30.1 Å². The predicted molar refractivity (Wildman–Crippen MR) is 76.2 cm³/mol. The van der Waals surface area contributed by atoms with Gasteiger partial charge in [0.15, 0.2) is 0 Å². The van der Waals surface area contributed by atoms with Crippen molar-refractivity contribution < 1.29 is 0 Å². The molecule has 3 unspecified atom stereocenters. The van der Waals surface area contributed by atoms with E-state index in [2.05, 4.69) is 25.7 Å². The zero-order valence-electron chi connectivity index (χ0n) is 12.1. The van der Waals surface area contributed by atoms with E-state index in [1.54, 1.807) is 0 Å². The normalized spacial score (nSPS) is 25.8. The molecule has 0 aromatic rings. The molecule has 1 heterocycles. The van der Waals surface area contributed by atoms with Gasteiger partial charge in [-0.2, -0.15) is 0 Å². The first-order chi connectivity index (χ1) is 8.13. The minimum absolute atomic E-state index is 0.376. The molecule has 2 heteroatoms. The maximum absolute atomic E-state index is 5.80. The molecule has 0 spiro atoms. The van der Waals surface area contributed by atoms with Crippen LogP contribution in [0.2, 0.25) is 0 Å². The van der Waals surface area contributed by atoms with Gasteiger partial charge in [-0.1, -0.05) is 26.7 Å². The molecule has 0 aromatic heterocycles. The predicted octanol–water partition coefficient (Wildman–Crippen LogP) is 3.40. The van der Waals surface area contributed by atoms with Gasteiger partial charge < -0.3 is 10.6 Å². The summed E-state index contributed by atoms with van der Waals surface area (Å²) in [4.78, 5) is 2.74. The Labute approximate surface area is 108 Å². The molecule has 1 fully saturated rings. The molecule has 102 valence electrons. The van der Waals surface area contributed by atoms with Gasteiger partial charge in [0.25, 0.3) is 0 Å². The molecule has 1 aliphatic heterocycles. The van der Waals surface area contributed by atoms with Gasteiger partial charge in [0.1, 0.15) is 0 Å². The van der Waals surface area contributed by atoms with Crippen LogP contribution in [0.4, 0.5) is 0 Å². The van der Waals surface area contributed by atoms with Gasteiger partial charge in [-0.3, -0.25) is 0 Å². The highest BCUT2D eigenvalue weighted by molar-refractivity contribution is 4.77. The molecule has 0 aromatic carbocycles. The molecule has 1 rings (SSSR count). The number of nitrogens with zero attached hydrogens (tertiary/aromatic N) is 1. The molecule has 3 atom stereocenters. The Morgan fingerprint density at radius 2 is 2.00 bits per heavy atom. The smallest absolute Gasteiger partial charge is 0.00927 e. The van der Waals surface area contributed by atoms with Crippen molar-refractivity contribution in [3.05, 3.63) is 0 Å². The molecular formula is C15H32N2. The minimum atomic E-state index is 0.376. The van der Waals surface area contributed by atoms with E-state index in [0.29, 0.717) is 6.04 Å². The highest BCUT2D eigenvalue weighted by Crippen LogP contribution is 2.22. The Kier molecular flexibility index (Phi) is 7.14. The topological polar surface area (TPSA) is 29.3 Å². The molecule has 2 nitrogen and oxygen atoms in total. The zero-order chi connectivity index (χ0) is 12.7. The fraction of sp³-hybridized carbons (Fsp3) is 1.00. The van der Waals surface area contributed by atoms with Gasteiger partial charge in [-0.05, 0) is 51.5 Å². The number of hydrogen-bond acceptors (Lipinski definition) is 2. The van der Waals surface area contributed by atoms with Crippen molar-refractivity contribution in [3.8, 4) is 0 Å². The van der Waals surface area contributed by atoms with Crippen LogP contribution in [0.1, 0.15) is 65.7 Å². The van der Waals surface area contributed by atoms with Gasteiger partial charge in [-0.25, -0.2) is 0 Å². The SMILES string of the molecule is CCC1CCCCN1CC(C)CCCC(C)N. The Morgan fingerprint density at radius 1 is 1.24 bits per heavy atom. The standard InChI is InChI=1S/C15H32N2/c1-4-15-10-5-6-11-17(15)12-13(2)8-7-9-14(3)16/h13-15H,4-12,16H2,1-3H3. The summed E-state index contributed by atoms with van der Waals surface area (Å²) in [6, 6.07) is 1.24. The van der Waals surface area contributed by atoms with Gasteiger partial charge in [0, 0.05) is 18.6 Å². The quantitative estimate of drug-likeness (QED) is 0.739. The number of likely N-dealkylation sites (tertiary alicyclic amines) is 1. The molecule has 0 aliphatic carbocycles. The summed E-state index contributed by atoms with van der Waals surface area (Å²) in [7, 11) is 0. The van der Waals surface area contributed by atoms with Crippen molar-refractivity contribution in [2.24, 2.45) is 11.7 Å². The second kappa shape index (κ2) is 8.10. The van der Waals surface area contributed by atoms with E-state index in [1.165, 1.54) is 58.0 Å². The molecule has 17 heavy (non-hydrogen) atoms. The van der Waals surface area contributed by atoms with E-state index in [9.17, 15) is 0 Å². The van der Waals surface area contributed by atoms with Crippen LogP contribution in [0.15, 0.2) is 0 Å². The summed E-state index contributed by atoms with van der Waals surface area (Å²) >= 11 is 0. The van der Waals surface area contributed by atoms with Gasteiger partial charge in [-0.15, -0.1) is 0 Å². The van der Waals surface area contributed by atoms with Crippen LogP contribution in [-0.2, 0) is 0 Å². The Bertz CT molecular complexity index is 191. The highest BCUT2D eigenvalue weighted by Gasteiger charge is 2.21. The van der Waals surface area contributed by atoms with Crippen LogP contribution >= 0.6 is 0 Å². The van der Waals surface area contributed by atoms with Crippen LogP contribution in [0, 0.1) is 5.92 Å². The lowest BCUT2D eigenvalue weighted by molar-refractivity contribution is 0.122. The summed E-state index contributed by atoms with van der Waals surface area (Å²) in [5.74, 6) is 0.834. The second-order valence-corrected chi connectivity index (χ2v) is 6.07. The number of piperidine rings is 1. The minimum Gasteiger partial charge on any atom is -0.328 e. The Hall–Kier alpha value is -0.0800. The number of nitrogens with two attached hydrogens (primary N) is 1. The fourth-order valence-electron chi connectivity index (χ4n) is 3.04. The Balaban J connectivity index is 2.21. The van der Waals surface area contributed by atoms with Crippen molar-refractivity contribution in [2.75, 3.05) is 13.1 Å². The maximum atomic E-state index is 5.80. The molecule has 0 saturated carbocycles. The monoisotopic (exact) mass is 240 g/mol. The van der Waals surface area contributed by atoms with E-state index >= 15 is 0 Å². The number of hydrogen-bond donors (Lipinski definition) is 1. The first-order valence-electron chi connectivity index (χ1n) is 7.63. The summed E-state index contributed by atoms with van der Waals surface area (Å²) in [5.41, 5.74) is 5.80. The average molecular weight is 240 g/mol. The van der Waals surface area contributed by atoms with Crippen molar-refractivity contribution >= 4 is 0 Å². The van der Waals surface area contributed by atoms with Gasteiger partial charge >= 0.3 is 0 Å². The van der Waals surface area contributed by atoms with Gasteiger partial charge in [0.05, 0.1) is 0 Å². The van der Waals surface area contributed by atoms with Crippen molar-refractivity contribution in [2.45, 2.75) is 77.8 Å². The van der Waals surface area contributed by atoms with E-state index in [1.807, 2.05) is 0 Å². The lowest BCUT2D eigenvalue weighted by Crippen LogP contribution is -2.41. The van der Waals surface area contributed by atoms with Gasteiger partial charge in [0.2, 0.25) is 0 Å². The van der Waals surface area contributed by atoms with Crippen molar-refractivity contribution in [3.63, 3.8) is 0 Å². The van der Waals surface area contributed by atoms with Crippen LogP contribution in [0.25, 0.3) is 0 Å². The second-order valence-electron chi connectivity index (χ2n) is 6.07. The first-order valence-corrected chi connectivity index (χ1v) is 7.63. The number of rotatable bonds is 7. The molecule has 1 saturated heterocycles. The third-order valence-electron chi connectivity index (χ3n) is 4.12. The molecule has 0 radical (unpaired) electrons. The molecule has 2 N–H and O–H groups in total. The average Bonchev–Trinajstić information content (AvgIpc) is 2.29. The van der Waals surface area contributed by atoms with Crippen LogP contribution in [0.3, 0.4) is 0 Å². The van der Waals surface area contributed by atoms with E-state index in [-0.39, 0.29) is 0 Å². The van der Waals surface area contributed by atoms with E-state index in [4.69, 9.17) is 5.73 Å². The van der Waals surface area contributed by atoms with Crippen LogP contribution < -0.4 is 5.73 Å². The summed E-state index contributed by atoms with van der Waals surface area (Å²) in [6.07, 6.45) is 9.41. The molecular weight excluding hydrogens is 208 g/mol. The summed E-state index contributed by atoms with van der Waals surface area (Å²) in [6.45, 7) is 9.49. The lowest BCUT2D eigenvalue weighted by Gasteiger charge is -2.37. The third-order valence-corrected chi connectivity index (χ3v) is 4.12. The summed E-state index contributed by atoms with van der Waals surface area (Å²) in [5, 5.41) is 0. The van der Waals surface area contributed by atoms with E-state index < -0.39 is 0 Å². The zero-order valence-corrected chi connectivity index (χ0v) is 12.1. The van der Waals surface area contributed by atoms with E-state index in [0.717, 1.165) is 12.0 Å². The molecule has 0 bridgehead atoms. The molecule has 0 amide bonds. The van der Waals surface area contributed by atoms with Crippen molar-refractivity contribution in [1.82, 2.24) is 4.90 Å². The van der Waals surface area contributed by atoms with Crippen molar-refractivity contribution in [1.29, 1.82) is 0 Å². The molecule has 1 aliphatic rings. The third kappa shape index (κ3) is 5.87. The largest absolute Gasteiger partial charge is 0.328 e.